The minimum atomic E-state index is -0.407. The van der Waals surface area contributed by atoms with Gasteiger partial charge in [0.05, 0.1) is 12.4 Å². The molecule has 1 aromatic heterocycles. The first kappa shape index (κ1) is 9.61. The van der Waals surface area contributed by atoms with Crippen LogP contribution in [0.5, 0.6) is 0 Å². The van der Waals surface area contributed by atoms with E-state index in [1.807, 2.05) is 12.1 Å². The standard InChI is InChI=1S/C8H10BrFN2/c9-8-3-1-2-7(12-8)6(11)4-5-10/h1-3,6H,4-5,11H2/t6-/m1/s1. The molecule has 0 saturated heterocycles. The van der Waals surface area contributed by atoms with Gasteiger partial charge in [0.25, 0.3) is 0 Å². The van der Waals surface area contributed by atoms with Gasteiger partial charge in [0.1, 0.15) is 4.60 Å². The van der Waals surface area contributed by atoms with Crippen LogP contribution in [0.1, 0.15) is 18.2 Å². The highest BCUT2D eigenvalue weighted by atomic mass is 79.9. The molecular weight excluding hydrogens is 223 g/mol. The Balaban J connectivity index is 2.73. The summed E-state index contributed by atoms with van der Waals surface area (Å²) in [7, 11) is 0. The molecule has 12 heavy (non-hydrogen) atoms. The van der Waals surface area contributed by atoms with Crippen molar-refractivity contribution in [1.29, 1.82) is 0 Å². The lowest BCUT2D eigenvalue weighted by Crippen LogP contribution is -2.12. The van der Waals surface area contributed by atoms with E-state index in [-0.39, 0.29) is 6.04 Å². The minimum Gasteiger partial charge on any atom is -0.323 e. The molecule has 2 nitrogen and oxygen atoms in total. The van der Waals surface area contributed by atoms with E-state index in [1.165, 1.54) is 0 Å². The van der Waals surface area contributed by atoms with Gasteiger partial charge in [0.2, 0.25) is 0 Å². The van der Waals surface area contributed by atoms with E-state index in [4.69, 9.17) is 5.73 Å². The second-order valence-electron chi connectivity index (χ2n) is 2.47. The van der Waals surface area contributed by atoms with Gasteiger partial charge in [-0.25, -0.2) is 4.98 Å². The van der Waals surface area contributed by atoms with Gasteiger partial charge in [-0.05, 0) is 34.5 Å². The average molecular weight is 233 g/mol. The highest BCUT2D eigenvalue weighted by Crippen LogP contribution is 2.14. The Labute approximate surface area is 79.1 Å². The van der Waals surface area contributed by atoms with Crippen molar-refractivity contribution in [1.82, 2.24) is 4.98 Å². The van der Waals surface area contributed by atoms with Crippen LogP contribution < -0.4 is 5.73 Å². The molecule has 0 radical (unpaired) electrons. The first-order valence-corrected chi connectivity index (χ1v) is 4.47. The third-order valence-corrected chi connectivity index (χ3v) is 1.98. The van der Waals surface area contributed by atoms with Crippen LogP contribution in [0.4, 0.5) is 4.39 Å². The maximum atomic E-state index is 11.9. The molecule has 0 fully saturated rings. The van der Waals surface area contributed by atoms with Gasteiger partial charge in [-0.3, -0.25) is 4.39 Å². The second kappa shape index (κ2) is 4.52. The quantitative estimate of drug-likeness (QED) is 0.813. The summed E-state index contributed by atoms with van der Waals surface area (Å²) in [6.45, 7) is -0.407. The second-order valence-corrected chi connectivity index (χ2v) is 3.28. The first-order chi connectivity index (χ1) is 5.74. The summed E-state index contributed by atoms with van der Waals surface area (Å²) in [4.78, 5) is 4.12. The summed E-state index contributed by atoms with van der Waals surface area (Å²) in [6.07, 6.45) is 0.323. The Kier molecular flexibility index (Phi) is 3.62. The number of halogens is 2. The number of aromatic nitrogens is 1. The molecule has 0 aliphatic rings. The SMILES string of the molecule is N[C@H](CCF)c1cccc(Br)n1. The van der Waals surface area contributed by atoms with E-state index in [0.29, 0.717) is 6.42 Å². The van der Waals surface area contributed by atoms with Gasteiger partial charge in [-0.2, -0.15) is 0 Å². The zero-order chi connectivity index (χ0) is 8.97. The van der Waals surface area contributed by atoms with Crippen molar-refractivity contribution in [3.63, 3.8) is 0 Å². The summed E-state index contributed by atoms with van der Waals surface area (Å²) in [5, 5.41) is 0. The summed E-state index contributed by atoms with van der Waals surface area (Å²) in [6, 6.07) is 5.15. The highest BCUT2D eigenvalue weighted by Gasteiger charge is 2.06. The smallest absolute Gasteiger partial charge is 0.106 e. The van der Waals surface area contributed by atoms with Crippen LogP contribution in [-0.2, 0) is 0 Å². The summed E-state index contributed by atoms with van der Waals surface area (Å²) in [5.41, 5.74) is 6.38. The molecule has 2 N–H and O–H groups in total. The molecule has 1 rings (SSSR count). The largest absolute Gasteiger partial charge is 0.323 e. The van der Waals surface area contributed by atoms with Crippen molar-refractivity contribution in [3.8, 4) is 0 Å². The number of hydrogen-bond acceptors (Lipinski definition) is 2. The number of alkyl halides is 1. The Morgan fingerprint density at radius 3 is 2.92 bits per heavy atom. The molecule has 0 spiro atoms. The van der Waals surface area contributed by atoms with Crippen LogP contribution in [0.2, 0.25) is 0 Å². The summed E-state index contributed by atoms with van der Waals surface area (Å²) in [5.74, 6) is 0. The van der Waals surface area contributed by atoms with Crippen LogP contribution in [0.25, 0.3) is 0 Å². The Morgan fingerprint density at radius 1 is 1.58 bits per heavy atom. The fraction of sp³-hybridized carbons (Fsp3) is 0.375. The maximum Gasteiger partial charge on any atom is 0.106 e. The predicted molar refractivity (Wildman–Crippen MR) is 49.5 cm³/mol. The van der Waals surface area contributed by atoms with Crippen molar-refractivity contribution in [2.24, 2.45) is 5.73 Å². The van der Waals surface area contributed by atoms with Gasteiger partial charge in [-0.1, -0.05) is 6.07 Å². The Morgan fingerprint density at radius 2 is 2.33 bits per heavy atom. The van der Waals surface area contributed by atoms with E-state index < -0.39 is 6.67 Å². The van der Waals surface area contributed by atoms with Gasteiger partial charge in [0, 0.05) is 6.04 Å². The van der Waals surface area contributed by atoms with Crippen molar-refractivity contribution in [2.45, 2.75) is 12.5 Å². The number of pyridine rings is 1. The molecule has 66 valence electrons. The average Bonchev–Trinajstić information content (AvgIpc) is 2.05. The molecule has 0 saturated carbocycles. The number of hydrogen-bond donors (Lipinski definition) is 1. The van der Waals surface area contributed by atoms with E-state index in [9.17, 15) is 4.39 Å². The summed E-state index contributed by atoms with van der Waals surface area (Å²) < 4.78 is 12.6. The van der Waals surface area contributed by atoms with Gasteiger partial charge in [-0.15, -0.1) is 0 Å². The number of nitrogens with zero attached hydrogens (tertiary/aromatic N) is 1. The number of rotatable bonds is 3. The minimum absolute atomic E-state index is 0.299. The van der Waals surface area contributed by atoms with Gasteiger partial charge in [0.15, 0.2) is 0 Å². The normalized spacial score (nSPS) is 12.9. The molecule has 0 bridgehead atoms. The molecule has 0 amide bonds. The fourth-order valence-corrected chi connectivity index (χ4v) is 1.25. The third kappa shape index (κ3) is 2.53. The first-order valence-electron chi connectivity index (χ1n) is 3.68. The molecular formula is C8H10BrFN2. The van der Waals surface area contributed by atoms with Gasteiger partial charge >= 0.3 is 0 Å². The van der Waals surface area contributed by atoms with Crippen molar-refractivity contribution in [3.05, 3.63) is 28.5 Å². The van der Waals surface area contributed by atoms with Crippen LogP contribution in [0, 0.1) is 0 Å². The van der Waals surface area contributed by atoms with E-state index in [2.05, 4.69) is 20.9 Å². The molecule has 1 heterocycles. The van der Waals surface area contributed by atoms with Crippen LogP contribution in [0.3, 0.4) is 0 Å². The Bertz CT molecular complexity index is 255. The predicted octanol–water partition coefficient (Wildman–Crippen LogP) is 2.20. The topological polar surface area (TPSA) is 38.9 Å². The molecule has 0 aromatic carbocycles. The summed E-state index contributed by atoms with van der Waals surface area (Å²) >= 11 is 3.22. The maximum absolute atomic E-state index is 11.9. The molecule has 1 atom stereocenters. The fourth-order valence-electron chi connectivity index (χ4n) is 0.896. The van der Waals surface area contributed by atoms with Gasteiger partial charge < -0.3 is 5.73 Å². The molecule has 0 unspecified atom stereocenters. The number of nitrogens with two attached hydrogens (primary N) is 1. The molecule has 0 aliphatic carbocycles. The molecule has 0 aliphatic heterocycles. The van der Waals surface area contributed by atoms with Crippen molar-refractivity contribution >= 4 is 15.9 Å². The van der Waals surface area contributed by atoms with Crippen LogP contribution >= 0.6 is 15.9 Å². The van der Waals surface area contributed by atoms with Crippen LogP contribution in [0.15, 0.2) is 22.8 Å². The highest BCUT2D eigenvalue weighted by molar-refractivity contribution is 9.10. The lowest BCUT2D eigenvalue weighted by molar-refractivity contribution is 0.438. The third-order valence-electron chi connectivity index (χ3n) is 1.54. The Hall–Kier alpha value is -0.480. The van der Waals surface area contributed by atoms with Crippen molar-refractivity contribution in [2.75, 3.05) is 6.67 Å². The van der Waals surface area contributed by atoms with Crippen LogP contribution in [-0.4, -0.2) is 11.7 Å². The monoisotopic (exact) mass is 232 g/mol. The van der Waals surface area contributed by atoms with E-state index in [0.717, 1.165) is 10.3 Å². The zero-order valence-electron chi connectivity index (χ0n) is 6.50. The lowest BCUT2D eigenvalue weighted by atomic mass is 10.1. The molecule has 1 aromatic rings. The lowest BCUT2D eigenvalue weighted by Gasteiger charge is -2.07. The van der Waals surface area contributed by atoms with E-state index >= 15 is 0 Å². The molecule has 4 heteroatoms. The zero-order valence-corrected chi connectivity index (χ0v) is 8.09. The van der Waals surface area contributed by atoms with E-state index in [1.54, 1.807) is 6.07 Å². The van der Waals surface area contributed by atoms with Crippen molar-refractivity contribution < 1.29 is 4.39 Å².